The molecule has 3 heterocycles. The second-order valence-electron chi connectivity index (χ2n) is 8.76. The van der Waals surface area contributed by atoms with E-state index >= 15 is 0 Å². The van der Waals surface area contributed by atoms with E-state index in [2.05, 4.69) is 28.3 Å². The number of piperazine rings is 1. The summed E-state index contributed by atoms with van der Waals surface area (Å²) in [6.07, 6.45) is 2.47. The Morgan fingerprint density at radius 1 is 1.00 bits per heavy atom. The van der Waals surface area contributed by atoms with E-state index < -0.39 is 0 Å². The largest absolute Gasteiger partial charge is 0.485 e. The average Bonchev–Trinajstić information content (AvgIpc) is 2.83. The molecule has 2 aliphatic heterocycles. The van der Waals surface area contributed by atoms with E-state index in [0.29, 0.717) is 21.4 Å². The minimum absolute atomic E-state index is 0.0843. The molecule has 2 aliphatic rings. The molecule has 1 atom stereocenters. The second kappa shape index (κ2) is 9.82. The molecule has 0 bridgehead atoms. The van der Waals surface area contributed by atoms with Gasteiger partial charge in [0.15, 0.2) is 0 Å². The van der Waals surface area contributed by atoms with Crippen molar-refractivity contribution in [1.29, 1.82) is 0 Å². The SMILES string of the molecule is CN1CCN(C(=O)c2ccc(-c3cnc4c(c3)C(Oc3cc(Cl)cc(Cl)c3)CCN4)cc2)CC1. The number of aromatic nitrogens is 1. The zero-order valence-electron chi connectivity index (χ0n) is 18.9. The molecule has 0 spiro atoms. The predicted molar refractivity (Wildman–Crippen MR) is 136 cm³/mol. The average molecular weight is 497 g/mol. The normalized spacial score (nSPS) is 18.2. The summed E-state index contributed by atoms with van der Waals surface area (Å²) in [5.41, 5.74) is 3.66. The maximum absolute atomic E-state index is 12.9. The highest BCUT2D eigenvalue weighted by Gasteiger charge is 2.24. The van der Waals surface area contributed by atoms with E-state index in [1.54, 1.807) is 18.2 Å². The quantitative estimate of drug-likeness (QED) is 0.525. The Kier molecular flexibility index (Phi) is 6.63. The summed E-state index contributed by atoms with van der Waals surface area (Å²) in [7, 11) is 2.08. The first-order valence-corrected chi connectivity index (χ1v) is 12.2. The molecule has 0 radical (unpaired) electrons. The van der Waals surface area contributed by atoms with Crippen molar-refractivity contribution in [1.82, 2.24) is 14.8 Å². The number of nitrogens with zero attached hydrogens (tertiary/aromatic N) is 3. The summed E-state index contributed by atoms with van der Waals surface area (Å²) < 4.78 is 6.26. The molecule has 1 saturated heterocycles. The van der Waals surface area contributed by atoms with Crippen molar-refractivity contribution in [3.8, 4) is 16.9 Å². The molecule has 34 heavy (non-hydrogen) atoms. The third-order valence-electron chi connectivity index (χ3n) is 6.33. The number of hydrogen-bond donors (Lipinski definition) is 1. The van der Waals surface area contributed by atoms with Gasteiger partial charge < -0.3 is 19.9 Å². The molecular weight excluding hydrogens is 471 g/mol. The number of hydrogen-bond acceptors (Lipinski definition) is 5. The van der Waals surface area contributed by atoms with Gasteiger partial charge >= 0.3 is 0 Å². The standard InChI is InChI=1S/C26H26Cl2N4O2/c1-31-8-10-32(11-9-31)26(33)18-4-2-17(3-5-18)19-12-23-24(6-7-29-25(23)30-16-19)34-22-14-20(27)13-21(28)15-22/h2-5,12-16,24H,6-11H2,1H3,(H,29,30). The van der Waals surface area contributed by atoms with E-state index in [0.717, 1.165) is 61.7 Å². The first kappa shape index (κ1) is 23.0. The van der Waals surface area contributed by atoms with Crippen molar-refractivity contribution in [2.45, 2.75) is 12.5 Å². The Morgan fingerprint density at radius 2 is 1.71 bits per heavy atom. The predicted octanol–water partition coefficient (Wildman–Crippen LogP) is 5.38. The summed E-state index contributed by atoms with van der Waals surface area (Å²) in [6, 6.07) is 15.1. The highest BCUT2D eigenvalue weighted by atomic mass is 35.5. The molecule has 0 saturated carbocycles. The van der Waals surface area contributed by atoms with Crippen molar-refractivity contribution in [2.24, 2.45) is 0 Å². The van der Waals surface area contributed by atoms with Gasteiger partial charge in [-0.2, -0.15) is 0 Å². The monoisotopic (exact) mass is 496 g/mol. The fourth-order valence-electron chi connectivity index (χ4n) is 4.39. The van der Waals surface area contributed by atoms with Gasteiger partial charge in [-0.25, -0.2) is 4.98 Å². The van der Waals surface area contributed by atoms with Gasteiger partial charge in [0.05, 0.1) is 0 Å². The lowest BCUT2D eigenvalue weighted by atomic mass is 9.98. The van der Waals surface area contributed by atoms with E-state index in [1.807, 2.05) is 35.4 Å². The molecule has 1 aromatic heterocycles. The Balaban J connectivity index is 1.36. The number of fused-ring (bicyclic) bond motifs is 1. The van der Waals surface area contributed by atoms with Gasteiger partial charge in [-0.05, 0) is 49.0 Å². The molecule has 2 aromatic carbocycles. The summed E-state index contributed by atoms with van der Waals surface area (Å²) in [6.45, 7) is 4.10. The van der Waals surface area contributed by atoms with Crippen LogP contribution in [-0.2, 0) is 0 Å². The first-order chi connectivity index (χ1) is 16.5. The summed E-state index contributed by atoms with van der Waals surface area (Å²) in [4.78, 5) is 21.7. The van der Waals surface area contributed by atoms with Crippen LogP contribution in [0.5, 0.6) is 5.75 Å². The molecule has 0 aliphatic carbocycles. The Labute approximate surface area is 209 Å². The lowest BCUT2D eigenvalue weighted by molar-refractivity contribution is 0.0664. The third-order valence-corrected chi connectivity index (χ3v) is 6.77. The van der Waals surface area contributed by atoms with Crippen LogP contribution >= 0.6 is 23.2 Å². The van der Waals surface area contributed by atoms with E-state index in [4.69, 9.17) is 27.9 Å². The summed E-state index contributed by atoms with van der Waals surface area (Å²) in [5, 5.41) is 4.42. The smallest absolute Gasteiger partial charge is 0.253 e. The van der Waals surface area contributed by atoms with Crippen LogP contribution < -0.4 is 10.1 Å². The number of carbonyl (C=O) groups is 1. The maximum Gasteiger partial charge on any atom is 0.253 e. The van der Waals surface area contributed by atoms with E-state index in [-0.39, 0.29) is 12.0 Å². The molecule has 5 rings (SSSR count). The van der Waals surface area contributed by atoms with Gasteiger partial charge in [-0.15, -0.1) is 0 Å². The van der Waals surface area contributed by atoms with Gasteiger partial charge in [0.1, 0.15) is 17.7 Å². The number of ether oxygens (including phenoxy) is 1. The Bertz CT molecular complexity index is 1170. The number of carbonyl (C=O) groups excluding carboxylic acids is 1. The lowest BCUT2D eigenvalue weighted by Gasteiger charge is -2.32. The molecule has 1 amide bonds. The van der Waals surface area contributed by atoms with Crippen LogP contribution in [0.25, 0.3) is 11.1 Å². The fourth-order valence-corrected chi connectivity index (χ4v) is 4.90. The summed E-state index contributed by atoms with van der Waals surface area (Å²) in [5.74, 6) is 1.53. The van der Waals surface area contributed by atoms with Crippen LogP contribution in [0.3, 0.4) is 0 Å². The number of amides is 1. The number of halogens is 2. The fraction of sp³-hybridized carbons (Fsp3) is 0.308. The van der Waals surface area contributed by atoms with Crippen LogP contribution in [-0.4, -0.2) is 60.5 Å². The zero-order chi connectivity index (χ0) is 23.7. The molecular formula is C26H26Cl2N4O2. The van der Waals surface area contributed by atoms with Crippen molar-refractivity contribution in [3.05, 3.63) is 75.9 Å². The minimum Gasteiger partial charge on any atom is -0.485 e. The van der Waals surface area contributed by atoms with Gasteiger partial charge in [-0.1, -0.05) is 35.3 Å². The number of nitrogens with one attached hydrogen (secondary N) is 1. The highest BCUT2D eigenvalue weighted by Crippen LogP contribution is 2.36. The van der Waals surface area contributed by atoms with Gasteiger partial charge in [0, 0.05) is 72.1 Å². The maximum atomic E-state index is 12.9. The first-order valence-electron chi connectivity index (χ1n) is 11.4. The second-order valence-corrected chi connectivity index (χ2v) is 9.63. The Morgan fingerprint density at radius 3 is 2.41 bits per heavy atom. The molecule has 1 unspecified atom stereocenters. The molecule has 1 N–H and O–H groups in total. The zero-order valence-corrected chi connectivity index (χ0v) is 20.4. The van der Waals surface area contributed by atoms with Crippen molar-refractivity contribution >= 4 is 34.9 Å². The van der Waals surface area contributed by atoms with Crippen LogP contribution in [0, 0.1) is 0 Å². The highest BCUT2D eigenvalue weighted by molar-refractivity contribution is 6.34. The van der Waals surface area contributed by atoms with E-state index in [9.17, 15) is 4.79 Å². The van der Waals surface area contributed by atoms with Crippen LogP contribution in [0.4, 0.5) is 5.82 Å². The number of likely N-dealkylation sites (N-methyl/N-ethyl adjacent to an activating group) is 1. The molecule has 176 valence electrons. The van der Waals surface area contributed by atoms with Gasteiger partial charge in [0.2, 0.25) is 0 Å². The minimum atomic E-state index is -0.170. The molecule has 8 heteroatoms. The number of pyridine rings is 1. The molecule has 6 nitrogen and oxygen atoms in total. The van der Waals surface area contributed by atoms with Crippen LogP contribution in [0.1, 0.15) is 28.4 Å². The van der Waals surface area contributed by atoms with Gasteiger partial charge in [-0.3, -0.25) is 4.79 Å². The number of anilines is 1. The topological polar surface area (TPSA) is 57.7 Å². The lowest BCUT2D eigenvalue weighted by Crippen LogP contribution is -2.47. The number of benzene rings is 2. The van der Waals surface area contributed by atoms with Crippen molar-refractivity contribution in [2.75, 3.05) is 45.1 Å². The van der Waals surface area contributed by atoms with Crippen LogP contribution in [0.2, 0.25) is 10.0 Å². The Hall–Kier alpha value is -2.80. The van der Waals surface area contributed by atoms with Gasteiger partial charge in [0.25, 0.3) is 5.91 Å². The molecule has 3 aromatic rings. The van der Waals surface area contributed by atoms with Crippen LogP contribution in [0.15, 0.2) is 54.7 Å². The number of rotatable bonds is 4. The van der Waals surface area contributed by atoms with Crippen molar-refractivity contribution < 1.29 is 9.53 Å². The molecule has 1 fully saturated rings. The third kappa shape index (κ3) is 4.99. The van der Waals surface area contributed by atoms with E-state index in [1.165, 1.54) is 0 Å². The van der Waals surface area contributed by atoms with Crippen molar-refractivity contribution in [3.63, 3.8) is 0 Å². The summed E-state index contributed by atoms with van der Waals surface area (Å²) >= 11 is 12.3.